The smallest absolute Gasteiger partial charge is 0.229 e. The van der Waals surface area contributed by atoms with Crippen LogP contribution in [0.2, 0.25) is 0 Å². The number of hydrogen-bond acceptors (Lipinski definition) is 7. The molecule has 2 atom stereocenters. The van der Waals surface area contributed by atoms with Gasteiger partial charge in [0.1, 0.15) is 5.75 Å². The van der Waals surface area contributed by atoms with Crippen molar-refractivity contribution in [3.63, 3.8) is 0 Å². The molecule has 8 nitrogen and oxygen atoms in total. The Morgan fingerprint density at radius 1 is 0.917 bits per heavy atom. The zero-order chi connectivity index (χ0) is 26.3. The van der Waals surface area contributed by atoms with Crippen LogP contribution >= 0.6 is 15.9 Å². The molecule has 3 rings (SSSR count). The average molecular weight is 580 g/mol. The summed E-state index contributed by atoms with van der Waals surface area (Å²) in [7, 11) is -0.368. The molecule has 0 aliphatic rings. The van der Waals surface area contributed by atoms with Crippen LogP contribution in [0.5, 0.6) is 17.2 Å². The lowest BCUT2D eigenvalue weighted by molar-refractivity contribution is 0.167. The maximum absolute atomic E-state index is 11.6. The van der Waals surface area contributed by atoms with E-state index >= 15 is 0 Å². The molecule has 0 saturated heterocycles. The number of rotatable bonds is 12. The maximum Gasteiger partial charge on any atom is 0.229 e. The molecule has 0 aromatic heterocycles. The van der Waals surface area contributed by atoms with Gasteiger partial charge in [0.25, 0.3) is 0 Å². The molecule has 0 bridgehead atoms. The van der Waals surface area contributed by atoms with E-state index in [1.807, 2.05) is 42.5 Å². The SMILES string of the molecule is COc1ccc(C(Cc2ccc(Br)cc2)NCC(O)Cc2ccc(O)c(NS(C)(=O)=O)c2)cc1OC. The van der Waals surface area contributed by atoms with Crippen LogP contribution in [-0.4, -0.2) is 51.8 Å². The summed E-state index contributed by atoms with van der Waals surface area (Å²) in [6.45, 7) is 0.283. The van der Waals surface area contributed by atoms with E-state index in [-0.39, 0.29) is 30.4 Å². The van der Waals surface area contributed by atoms with Gasteiger partial charge in [-0.05, 0) is 65.9 Å². The number of aromatic hydroxyl groups is 1. The highest BCUT2D eigenvalue weighted by Gasteiger charge is 2.18. The monoisotopic (exact) mass is 578 g/mol. The highest BCUT2D eigenvalue weighted by Crippen LogP contribution is 2.31. The van der Waals surface area contributed by atoms with E-state index in [4.69, 9.17) is 9.47 Å². The summed E-state index contributed by atoms with van der Waals surface area (Å²) in [5, 5.41) is 24.2. The van der Waals surface area contributed by atoms with Crippen LogP contribution in [0.25, 0.3) is 0 Å². The fourth-order valence-corrected chi connectivity index (χ4v) is 4.68. The van der Waals surface area contributed by atoms with Gasteiger partial charge < -0.3 is 25.0 Å². The van der Waals surface area contributed by atoms with Crippen molar-refractivity contribution in [2.24, 2.45) is 0 Å². The number of phenolic OH excluding ortho intramolecular Hbond substituents is 1. The number of sulfonamides is 1. The number of nitrogens with one attached hydrogen (secondary N) is 2. The fourth-order valence-electron chi connectivity index (χ4n) is 3.85. The van der Waals surface area contributed by atoms with E-state index in [1.165, 1.54) is 12.1 Å². The van der Waals surface area contributed by atoms with Gasteiger partial charge in [-0.2, -0.15) is 0 Å². The first-order valence-corrected chi connectivity index (χ1v) is 13.9. The number of phenols is 1. The van der Waals surface area contributed by atoms with Crippen LogP contribution in [0, 0.1) is 0 Å². The van der Waals surface area contributed by atoms with E-state index in [0.717, 1.165) is 21.9 Å². The van der Waals surface area contributed by atoms with Crippen molar-refractivity contribution in [1.29, 1.82) is 0 Å². The zero-order valence-corrected chi connectivity index (χ0v) is 22.8. The number of hydrogen-bond donors (Lipinski definition) is 4. The van der Waals surface area contributed by atoms with Crippen molar-refractivity contribution in [3.8, 4) is 17.2 Å². The van der Waals surface area contributed by atoms with E-state index in [1.54, 1.807) is 20.3 Å². The first-order chi connectivity index (χ1) is 17.1. The summed E-state index contributed by atoms with van der Waals surface area (Å²) >= 11 is 3.47. The lowest BCUT2D eigenvalue weighted by Crippen LogP contribution is -2.32. The van der Waals surface area contributed by atoms with Gasteiger partial charge in [0.05, 0.1) is 32.3 Å². The number of aliphatic hydroxyl groups is 1. The summed E-state index contributed by atoms with van der Waals surface area (Å²) < 4.78 is 37.2. The molecular formula is C26H31BrN2O6S. The quantitative estimate of drug-likeness (QED) is 0.240. The predicted molar refractivity (Wildman–Crippen MR) is 144 cm³/mol. The molecule has 0 fully saturated rings. The number of benzene rings is 3. The molecule has 0 spiro atoms. The molecule has 4 N–H and O–H groups in total. The van der Waals surface area contributed by atoms with Crippen molar-refractivity contribution in [2.45, 2.75) is 25.0 Å². The molecule has 10 heteroatoms. The molecule has 3 aromatic carbocycles. The van der Waals surface area contributed by atoms with Gasteiger partial charge in [-0.1, -0.05) is 40.2 Å². The second-order valence-corrected chi connectivity index (χ2v) is 11.2. The van der Waals surface area contributed by atoms with Gasteiger partial charge in [-0.25, -0.2) is 8.42 Å². The van der Waals surface area contributed by atoms with Crippen LogP contribution in [0.1, 0.15) is 22.7 Å². The van der Waals surface area contributed by atoms with Gasteiger partial charge >= 0.3 is 0 Å². The standard InChI is InChI=1S/C26H31BrN2O6S/c1-34-25-11-7-19(15-26(25)35-2)22(13-17-4-8-20(27)9-5-17)28-16-21(30)12-18-6-10-24(31)23(14-18)29-36(3,32)33/h4-11,14-15,21-22,28-31H,12-13,16H2,1-3H3. The molecule has 0 aliphatic heterocycles. The van der Waals surface area contributed by atoms with Crippen LogP contribution in [0.3, 0.4) is 0 Å². The minimum absolute atomic E-state index is 0.0774. The second kappa shape index (κ2) is 12.4. The molecule has 194 valence electrons. The number of methoxy groups -OCH3 is 2. The van der Waals surface area contributed by atoms with Crippen LogP contribution in [0.4, 0.5) is 5.69 Å². The number of anilines is 1. The Kier molecular flexibility index (Phi) is 9.61. The second-order valence-electron chi connectivity index (χ2n) is 8.49. The Morgan fingerprint density at radius 2 is 1.58 bits per heavy atom. The molecule has 0 amide bonds. The van der Waals surface area contributed by atoms with Gasteiger partial charge in [0.2, 0.25) is 10.0 Å². The van der Waals surface area contributed by atoms with Crippen LogP contribution < -0.4 is 19.5 Å². The zero-order valence-electron chi connectivity index (χ0n) is 20.4. The normalized spacial score (nSPS) is 13.1. The summed E-state index contributed by atoms with van der Waals surface area (Å²) in [5.74, 6) is 1.07. The van der Waals surface area contributed by atoms with Crippen molar-refractivity contribution in [2.75, 3.05) is 31.7 Å². The third-order valence-electron chi connectivity index (χ3n) is 5.59. The van der Waals surface area contributed by atoms with E-state index in [9.17, 15) is 18.6 Å². The Labute approximate surface area is 220 Å². The van der Waals surface area contributed by atoms with E-state index < -0.39 is 16.1 Å². The molecule has 0 aliphatic carbocycles. The molecule has 2 unspecified atom stereocenters. The number of halogens is 1. The Bertz CT molecular complexity index is 1270. The Morgan fingerprint density at radius 3 is 2.22 bits per heavy atom. The Balaban J connectivity index is 1.76. The molecule has 0 heterocycles. The fraction of sp³-hybridized carbons (Fsp3) is 0.308. The van der Waals surface area contributed by atoms with Crippen molar-refractivity contribution < 1.29 is 28.1 Å². The highest BCUT2D eigenvalue weighted by molar-refractivity contribution is 9.10. The molecule has 0 radical (unpaired) electrons. The lowest BCUT2D eigenvalue weighted by Gasteiger charge is -2.23. The molecule has 3 aromatic rings. The first kappa shape index (κ1) is 27.8. The highest BCUT2D eigenvalue weighted by atomic mass is 79.9. The number of ether oxygens (including phenoxy) is 2. The van der Waals surface area contributed by atoms with Crippen molar-refractivity contribution >= 4 is 31.6 Å². The number of aliphatic hydroxyl groups excluding tert-OH is 1. The minimum atomic E-state index is -3.55. The molecule has 36 heavy (non-hydrogen) atoms. The summed E-state index contributed by atoms with van der Waals surface area (Å²) in [5.41, 5.74) is 2.86. The van der Waals surface area contributed by atoms with E-state index in [2.05, 4.69) is 26.0 Å². The topological polar surface area (TPSA) is 117 Å². The molecular weight excluding hydrogens is 548 g/mol. The van der Waals surface area contributed by atoms with Crippen LogP contribution in [-0.2, 0) is 22.9 Å². The molecule has 0 saturated carbocycles. The minimum Gasteiger partial charge on any atom is -0.506 e. The first-order valence-electron chi connectivity index (χ1n) is 11.3. The lowest BCUT2D eigenvalue weighted by atomic mass is 9.97. The van der Waals surface area contributed by atoms with Gasteiger partial charge in [0, 0.05) is 17.1 Å². The average Bonchev–Trinajstić information content (AvgIpc) is 2.83. The third kappa shape index (κ3) is 8.12. The largest absolute Gasteiger partial charge is 0.506 e. The van der Waals surface area contributed by atoms with Crippen molar-refractivity contribution in [3.05, 3.63) is 81.8 Å². The summed E-state index contributed by atoms with van der Waals surface area (Å²) in [4.78, 5) is 0. The van der Waals surface area contributed by atoms with E-state index in [0.29, 0.717) is 23.5 Å². The summed E-state index contributed by atoms with van der Waals surface area (Å²) in [6, 6.07) is 18.3. The summed E-state index contributed by atoms with van der Waals surface area (Å²) in [6.07, 6.45) is 1.20. The van der Waals surface area contributed by atoms with Crippen molar-refractivity contribution in [1.82, 2.24) is 5.32 Å². The van der Waals surface area contributed by atoms with Crippen LogP contribution in [0.15, 0.2) is 65.1 Å². The van der Waals surface area contributed by atoms with Gasteiger partial charge in [-0.3, -0.25) is 4.72 Å². The maximum atomic E-state index is 11.6. The van der Waals surface area contributed by atoms with Gasteiger partial charge in [-0.15, -0.1) is 0 Å². The predicted octanol–water partition coefficient (Wildman–Crippen LogP) is 4.02. The van der Waals surface area contributed by atoms with Gasteiger partial charge in [0.15, 0.2) is 11.5 Å². The Hall–Kier alpha value is -2.79. The third-order valence-corrected chi connectivity index (χ3v) is 6.71.